The lowest BCUT2D eigenvalue weighted by atomic mass is 10.1. The first-order valence-corrected chi connectivity index (χ1v) is 5.80. The number of imidazole rings is 1. The van der Waals surface area contributed by atoms with Crippen LogP contribution in [-0.4, -0.2) is 22.5 Å². The number of aromatic nitrogens is 2. The topological polar surface area (TPSA) is 29.3 Å². The Morgan fingerprint density at radius 3 is 2.89 bits per heavy atom. The summed E-state index contributed by atoms with van der Waals surface area (Å²) in [4.78, 5) is 4.29. The first-order chi connectivity index (χ1) is 8.54. The Morgan fingerprint density at radius 1 is 1.39 bits per heavy atom. The van der Waals surface area contributed by atoms with Gasteiger partial charge in [-0.05, 0) is 25.1 Å². The molecule has 1 N–H and O–H groups in total. The smallest absolute Gasteiger partial charge is 0.316 e. The fourth-order valence-corrected chi connectivity index (χ4v) is 2.28. The van der Waals surface area contributed by atoms with E-state index in [9.17, 15) is 13.2 Å². The molecule has 18 heavy (non-hydrogen) atoms. The van der Waals surface area contributed by atoms with Crippen LogP contribution in [0.1, 0.15) is 23.6 Å². The second kappa shape index (κ2) is 3.98. The lowest BCUT2D eigenvalue weighted by Gasteiger charge is -2.05. The largest absolute Gasteiger partial charge is 0.416 e. The molecule has 96 valence electrons. The van der Waals surface area contributed by atoms with Gasteiger partial charge in [-0.15, -0.1) is 0 Å². The quantitative estimate of drug-likeness (QED) is 0.848. The number of pyridine rings is 1. The molecular weight excluding hydrogens is 243 g/mol. The summed E-state index contributed by atoms with van der Waals surface area (Å²) in [5, 5.41) is 3.22. The summed E-state index contributed by atoms with van der Waals surface area (Å²) in [7, 11) is 0. The van der Waals surface area contributed by atoms with E-state index in [-0.39, 0.29) is 0 Å². The summed E-state index contributed by atoms with van der Waals surface area (Å²) in [6, 6.07) is 2.16. The number of nitrogens with zero attached hydrogens (tertiary/aromatic N) is 2. The zero-order valence-electron chi connectivity index (χ0n) is 9.54. The van der Waals surface area contributed by atoms with Gasteiger partial charge in [0.1, 0.15) is 5.65 Å². The molecule has 0 spiro atoms. The summed E-state index contributed by atoms with van der Waals surface area (Å²) >= 11 is 0. The normalized spacial score (nSPS) is 20.7. The van der Waals surface area contributed by atoms with Gasteiger partial charge >= 0.3 is 6.18 Å². The molecule has 3 heterocycles. The van der Waals surface area contributed by atoms with Crippen molar-refractivity contribution in [1.29, 1.82) is 0 Å². The number of hydrogen-bond acceptors (Lipinski definition) is 2. The lowest BCUT2D eigenvalue weighted by molar-refractivity contribution is -0.137. The van der Waals surface area contributed by atoms with Gasteiger partial charge in [0.05, 0.1) is 11.3 Å². The van der Waals surface area contributed by atoms with Gasteiger partial charge in [0.2, 0.25) is 0 Å². The third-order valence-electron chi connectivity index (χ3n) is 3.28. The average molecular weight is 255 g/mol. The lowest BCUT2D eigenvalue weighted by Crippen LogP contribution is -2.08. The van der Waals surface area contributed by atoms with Gasteiger partial charge in [-0.2, -0.15) is 13.2 Å². The second-order valence-electron chi connectivity index (χ2n) is 4.53. The first-order valence-electron chi connectivity index (χ1n) is 5.80. The van der Waals surface area contributed by atoms with Crippen LogP contribution in [0.25, 0.3) is 5.65 Å². The molecule has 0 aliphatic carbocycles. The Bertz CT molecular complexity index is 567. The van der Waals surface area contributed by atoms with Crippen molar-refractivity contribution < 1.29 is 13.2 Å². The Morgan fingerprint density at radius 2 is 2.22 bits per heavy atom. The minimum Gasteiger partial charge on any atom is -0.316 e. The molecule has 2 aromatic rings. The van der Waals surface area contributed by atoms with Crippen LogP contribution < -0.4 is 5.32 Å². The molecular formula is C12H12F3N3. The van der Waals surface area contributed by atoms with Gasteiger partial charge in [-0.3, -0.25) is 0 Å². The summed E-state index contributed by atoms with van der Waals surface area (Å²) in [6.07, 6.45) is -0.108. The number of halogens is 3. The molecule has 2 aromatic heterocycles. The van der Waals surface area contributed by atoms with Gasteiger partial charge in [0, 0.05) is 24.9 Å². The van der Waals surface area contributed by atoms with Crippen LogP contribution in [0.5, 0.6) is 0 Å². The van der Waals surface area contributed by atoms with Crippen molar-refractivity contribution in [3.05, 3.63) is 35.8 Å². The van der Waals surface area contributed by atoms with Crippen molar-refractivity contribution in [3.8, 4) is 0 Å². The van der Waals surface area contributed by atoms with Gasteiger partial charge in [-0.25, -0.2) is 4.98 Å². The van der Waals surface area contributed by atoms with E-state index in [4.69, 9.17) is 0 Å². The zero-order valence-corrected chi connectivity index (χ0v) is 9.54. The van der Waals surface area contributed by atoms with E-state index in [2.05, 4.69) is 10.3 Å². The van der Waals surface area contributed by atoms with Gasteiger partial charge in [0.25, 0.3) is 0 Å². The molecule has 1 unspecified atom stereocenters. The van der Waals surface area contributed by atoms with E-state index in [1.165, 1.54) is 6.20 Å². The number of alkyl halides is 3. The molecule has 3 rings (SSSR count). The van der Waals surface area contributed by atoms with Crippen LogP contribution >= 0.6 is 0 Å². The number of hydrogen-bond donors (Lipinski definition) is 1. The highest BCUT2D eigenvalue weighted by molar-refractivity contribution is 5.44. The minimum atomic E-state index is -4.32. The van der Waals surface area contributed by atoms with Crippen molar-refractivity contribution in [1.82, 2.24) is 14.7 Å². The third kappa shape index (κ3) is 1.96. The third-order valence-corrected chi connectivity index (χ3v) is 3.28. The summed E-state index contributed by atoms with van der Waals surface area (Å²) < 4.78 is 39.4. The Hall–Kier alpha value is -1.56. The van der Waals surface area contributed by atoms with E-state index in [1.807, 2.05) is 6.20 Å². The molecule has 0 radical (unpaired) electrons. The van der Waals surface area contributed by atoms with Crippen LogP contribution in [0.15, 0.2) is 24.5 Å². The van der Waals surface area contributed by atoms with Crippen molar-refractivity contribution in [2.75, 3.05) is 13.1 Å². The number of nitrogens with one attached hydrogen (secondary N) is 1. The molecule has 1 fully saturated rings. The van der Waals surface area contributed by atoms with Crippen LogP contribution in [-0.2, 0) is 6.18 Å². The van der Waals surface area contributed by atoms with Crippen molar-refractivity contribution in [3.63, 3.8) is 0 Å². The fraction of sp³-hybridized carbons (Fsp3) is 0.417. The van der Waals surface area contributed by atoms with Crippen molar-refractivity contribution in [2.24, 2.45) is 0 Å². The molecule has 1 atom stereocenters. The Balaban J connectivity index is 2.01. The predicted octanol–water partition coefficient (Wildman–Crippen LogP) is 2.43. The van der Waals surface area contributed by atoms with Gasteiger partial charge in [-0.1, -0.05) is 0 Å². The van der Waals surface area contributed by atoms with Crippen LogP contribution in [0, 0.1) is 0 Å². The molecule has 1 aliphatic rings. The van der Waals surface area contributed by atoms with Crippen LogP contribution in [0.4, 0.5) is 13.2 Å². The Kier molecular flexibility index (Phi) is 2.55. The second-order valence-corrected chi connectivity index (χ2v) is 4.53. The number of fused-ring (bicyclic) bond motifs is 1. The van der Waals surface area contributed by atoms with E-state index < -0.39 is 11.7 Å². The van der Waals surface area contributed by atoms with E-state index in [0.717, 1.165) is 37.3 Å². The molecule has 0 aromatic carbocycles. The summed E-state index contributed by atoms with van der Waals surface area (Å²) in [5.41, 5.74) is 0.558. The molecule has 3 nitrogen and oxygen atoms in total. The van der Waals surface area contributed by atoms with Crippen LogP contribution in [0.3, 0.4) is 0 Å². The molecule has 6 heteroatoms. The molecule has 1 saturated heterocycles. The molecule has 0 amide bonds. The van der Waals surface area contributed by atoms with Crippen molar-refractivity contribution in [2.45, 2.75) is 18.5 Å². The van der Waals surface area contributed by atoms with E-state index >= 15 is 0 Å². The van der Waals surface area contributed by atoms with Gasteiger partial charge in [0.15, 0.2) is 0 Å². The minimum absolute atomic E-state index is 0.305. The van der Waals surface area contributed by atoms with E-state index in [1.54, 1.807) is 4.40 Å². The highest BCUT2D eigenvalue weighted by Gasteiger charge is 2.31. The Labute approximate surface area is 102 Å². The molecule has 1 aliphatic heterocycles. The maximum absolute atomic E-state index is 12.6. The SMILES string of the molecule is FC(F)(F)c1ccn2cc(C3CCNC3)nc2c1. The highest BCUT2D eigenvalue weighted by atomic mass is 19.4. The maximum atomic E-state index is 12.6. The average Bonchev–Trinajstić information content (AvgIpc) is 2.95. The molecule has 0 bridgehead atoms. The summed E-state index contributed by atoms with van der Waals surface area (Å²) in [5.74, 6) is 0.305. The van der Waals surface area contributed by atoms with Crippen molar-refractivity contribution >= 4 is 5.65 Å². The fourth-order valence-electron chi connectivity index (χ4n) is 2.28. The van der Waals surface area contributed by atoms with Crippen LogP contribution in [0.2, 0.25) is 0 Å². The molecule has 0 saturated carbocycles. The monoisotopic (exact) mass is 255 g/mol. The zero-order chi connectivity index (χ0) is 12.8. The van der Waals surface area contributed by atoms with E-state index in [0.29, 0.717) is 11.6 Å². The van der Waals surface area contributed by atoms with Gasteiger partial charge < -0.3 is 9.72 Å². The number of rotatable bonds is 1. The first kappa shape index (κ1) is 11.5. The maximum Gasteiger partial charge on any atom is 0.416 e. The highest BCUT2D eigenvalue weighted by Crippen LogP contribution is 2.30. The summed E-state index contributed by atoms with van der Waals surface area (Å²) in [6.45, 7) is 1.78. The standard InChI is InChI=1S/C12H12F3N3/c13-12(14,15)9-2-4-18-7-10(17-11(18)5-9)8-1-3-16-6-8/h2,4-5,7-8,16H,1,3,6H2. The predicted molar refractivity (Wildman–Crippen MR) is 60.4 cm³/mol.